The summed E-state index contributed by atoms with van der Waals surface area (Å²) < 4.78 is 40.9. The summed E-state index contributed by atoms with van der Waals surface area (Å²) in [4.78, 5) is -0.300. The highest BCUT2D eigenvalue weighted by atomic mass is 79.9. The van der Waals surface area contributed by atoms with Crippen molar-refractivity contribution in [3.63, 3.8) is 0 Å². The van der Waals surface area contributed by atoms with Crippen molar-refractivity contribution in [1.29, 1.82) is 0 Å². The first-order valence-corrected chi connectivity index (χ1v) is 9.39. The average Bonchev–Trinajstić information content (AvgIpc) is 2.27. The number of hydrogen-bond acceptors (Lipinski definition) is 3. The zero-order valence-electron chi connectivity index (χ0n) is 10.4. The molecule has 1 N–H and O–H groups in total. The predicted octanol–water partition coefficient (Wildman–Crippen LogP) is 3.15. The summed E-state index contributed by atoms with van der Waals surface area (Å²) in [6, 6.07) is 3.95. The second-order valence-electron chi connectivity index (χ2n) is 4.64. The van der Waals surface area contributed by atoms with Gasteiger partial charge in [0, 0.05) is 15.8 Å². The Labute approximate surface area is 125 Å². The number of halogens is 2. The molecule has 0 bridgehead atoms. The Morgan fingerprint density at radius 3 is 2.63 bits per heavy atom. The highest BCUT2D eigenvalue weighted by Crippen LogP contribution is 2.42. The molecule has 0 aliphatic heterocycles. The summed E-state index contributed by atoms with van der Waals surface area (Å²) in [6.45, 7) is 0.353. The highest BCUT2D eigenvalue weighted by Gasteiger charge is 2.37. The molecule has 0 unspecified atom stereocenters. The van der Waals surface area contributed by atoms with E-state index >= 15 is 0 Å². The zero-order chi connectivity index (χ0) is 14.1. The lowest BCUT2D eigenvalue weighted by Gasteiger charge is -2.40. The molecule has 1 aliphatic carbocycles. The molecule has 7 heteroatoms. The Balaban J connectivity index is 2.14. The van der Waals surface area contributed by atoms with Crippen LogP contribution in [0.15, 0.2) is 27.6 Å². The lowest BCUT2D eigenvalue weighted by molar-refractivity contribution is 0.361. The number of hydrogen-bond donors (Lipinski definition) is 1. The fourth-order valence-corrected chi connectivity index (χ4v) is 4.54. The predicted molar refractivity (Wildman–Crippen MR) is 79.4 cm³/mol. The van der Waals surface area contributed by atoms with E-state index < -0.39 is 15.8 Å². The number of thioether (sulfide) groups is 1. The van der Waals surface area contributed by atoms with Crippen molar-refractivity contribution in [3.8, 4) is 0 Å². The van der Waals surface area contributed by atoms with Gasteiger partial charge < -0.3 is 0 Å². The molecule has 2 rings (SSSR count). The van der Waals surface area contributed by atoms with E-state index in [4.69, 9.17) is 0 Å². The summed E-state index contributed by atoms with van der Waals surface area (Å²) >= 11 is 4.78. The molecule has 1 aliphatic rings. The van der Waals surface area contributed by atoms with Crippen molar-refractivity contribution in [1.82, 2.24) is 4.72 Å². The highest BCUT2D eigenvalue weighted by molar-refractivity contribution is 9.10. The van der Waals surface area contributed by atoms with Gasteiger partial charge in [-0.2, -0.15) is 11.8 Å². The number of sulfonamides is 1. The van der Waals surface area contributed by atoms with Crippen LogP contribution in [0, 0.1) is 5.82 Å². The Bertz CT molecular complexity index is 568. The van der Waals surface area contributed by atoms with Crippen LogP contribution in [-0.2, 0) is 10.0 Å². The Morgan fingerprint density at radius 2 is 2.16 bits per heavy atom. The van der Waals surface area contributed by atoms with Gasteiger partial charge in [0.2, 0.25) is 10.0 Å². The van der Waals surface area contributed by atoms with Gasteiger partial charge in [0.05, 0.1) is 0 Å². The Kier molecular flexibility index (Phi) is 4.59. The quantitative estimate of drug-likeness (QED) is 0.869. The van der Waals surface area contributed by atoms with Crippen molar-refractivity contribution in [3.05, 3.63) is 28.5 Å². The van der Waals surface area contributed by atoms with E-state index in [0.29, 0.717) is 11.0 Å². The van der Waals surface area contributed by atoms with E-state index in [1.165, 1.54) is 12.1 Å². The molecule has 0 heterocycles. The number of benzene rings is 1. The largest absolute Gasteiger partial charge is 0.243 e. The van der Waals surface area contributed by atoms with Crippen LogP contribution in [0.3, 0.4) is 0 Å². The number of rotatable bonds is 5. The maximum Gasteiger partial charge on any atom is 0.243 e. The molecule has 106 valence electrons. The van der Waals surface area contributed by atoms with Crippen LogP contribution in [-0.4, -0.2) is 26.0 Å². The summed E-state index contributed by atoms with van der Waals surface area (Å²) in [5.74, 6) is -0.742. The summed E-state index contributed by atoms with van der Waals surface area (Å²) in [5.41, 5.74) is 0. The lowest BCUT2D eigenvalue weighted by Crippen LogP contribution is -2.45. The number of nitrogens with one attached hydrogen (secondary N) is 1. The van der Waals surface area contributed by atoms with Crippen LogP contribution in [0.25, 0.3) is 0 Å². The van der Waals surface area contributed by atoms with Gasteiger partial charge in [-0.3, -0.25) is 0 Å². The third-order valence-electron chi connectivity index (χ3n) is 3.47. The summed E-state index contributed by atoms with van der Waals surface area (Å²) in [7, 11) is -3.79. The van der Waals surface area contributed by atoms with Gasteiger partial charge >= 0.3 is 0 Å². The Morgan fingerprint density at radius 1 is 1.47 bits per heavy atom. The second-order valence-corrected chi connectivity index (χ2v) is 8.57. The monoisotopic (exact) mass is 367 g/mol. The maximum absolute atomic E-state index is 13.7. The molecule has 0 aromatic heterocycles. The van der Waals surface area contributed by atoms with Crippen molar-refractivity contribution >= 4 is 37.7 Å². The van der Waals surface area contributed by atoms with Gasteiger partial charge in [-0.1, -0.05) is 22.4 Å². The third-order valence-corrected chi connectivity index (χ3v) is 6.81. The van der Waals surface area contributed by atoms with E-state index in [2.05, 4.69) is 20.7 Å². The molecule has 0 amide bonds. The first-order valence-electron chi connectivity index (χ1n) is 5.88. The molecule has 0 radical (unpaired) electrons. The molecular formula is C12H15BrFNO2S2. The standard InChI is InChI=1S/C12H15BrFNO2S2/c1-18-12(5-2-6-12)8-15-19(16,17)11-4-3-9(13)7-10(11)14/h3-4,7,15H,2,5-6,8H2,1H3. The first kappa shape index (κ1) is 15.3. The second kappa shape index (κ2) is 5.71. The van der Waals surface area contributed by atoms with Gasteiger partial charge in [0.25, 0.3) is 0 Å². The minimum atomic E-state index is -3.79. The van der Waals surface area contributed by atoms with Crippen molar-refractivity contribution in [2.75, 3.05) is 12.8 Å². The fourth-order valence-electron chi connectivity index (χ4n) is 2.02. The van der Waals surface area contributed by atoms with Gasteiger partial charge in [-0.15, -0.1) is 0 Å². The van der Waals surface area contributed by atoms with Gasteiger partial charge in [0.1, 0.15) is 10.7 Å². The fraction of sp³-hybridized carbons (Fsp3) is 0.500. The molecule has 1 aromatic rings. The smallest absolute Gasteiger partial charge is 0.210 e. The molecule has 0 spiro atoms. The van der Waals surface area contributed by atoms with Gasteiger partial charge in [-0.25, -0.2) is 17.5 Å². The van der Waals surface area contributed by atoms with Crippen molar-refractivity contribution < 1.29 is 12.8 Å². The molecule has 1 aromatic carbocycles. The normalized spacial score (nSPS) is 18.1. The van der Waals surface area contributed by atoms with Crippen LogP contribution in [0.1, 0.15) is 19.3 Å². The summed E-state index contributed by atoms with van der Waals surface area (Å²) in [5, 5.41) is 0. The van der Waals surface area contributed by atoms with Crippen molar-refractivity contribution in [2.24, 2.45) is 0 Å². The van der Waals surface area contributed by atoms with Crippen LogP contribution >= 0.6 is 27.7 Å². The molecule has 0 atom stereocenters. The van der Waals surface area contributed by atoms with Crippen LogP contribution in [0.5, 0.6) is 0 Å². The minimum Gasteiger partial charge on any atom is -0.210 e. The molecule has 0 saturated heterocycles. The van der Waals surface area contributed by atoms with Crippen LogP contribution in [0.2, 0.25) is 0 Å². The molecule has 1 saturated carbocycles. The molecular weight excluding hydrogens is 353 g/mol. The summed E-state index contributed by atoms with van der Waals surface area (Å²) in [6.07, 6.45) is 5.10. The average molecular weight is 368 g/mol. The minimum absolute atomic E-state index is 0.0150. The Hall–Kier alpha value is -0.110. The molecule has 3 nitrogen and oxygen atoms in total. The van der Waals surface area contributed by atoms with Crippen LogP contribution < -0.4 is 4.72 Å². The molecule has 1 fully saturated rings. The van der Waals surface area contributed by atoms with Crippen molar-refractivity contribution in [2.45, 2.75) is 28.9 Å². The molecule has 19 heavy (non-hydrogen) atoms. The van der Waals surface area contributed by atoms with E-state index in [1.54, 1.807) is 11.8 Å². The lowest BCUT2D eigenvalue weighted by atomic mass is 9.84. The van der Waals surface area contributed by atoms with E-state index in [0.717, 1.165) is 25.3 Å². The zero-order valence-corrected chi connectivity index (χ0v) is 13.7. The van der Waals surface area contributed by atoms with Crippen LogP contribution in [0.4, 0.5) is 4.39 Å². The SMILES string of the molecule is CSC1(CNS(=O)(=O)c2ccc(Br)cc2F)CCC1. The van der Waals surface area contributed by atoms with Gasteiger partial charge in [-0.05, 0) is 37.3 Å². The first-order chi connectivity index (χ1) is 8.88. The van der Waals surface area contributed by atoms with E-state index in [-0.39, 0.29) is 9.64 Å². The maximum atomic E-state index is 13.7. The van der Waals surface area contributed by atoms with E-state index in [9.17, 15) is 12.8 Å². The topological polar surface area (TPSA) is 46.2 Å². The third kappa shape index (κ3) is 3.32. The van der Waals surface area contributed by atoms with E-state index in [1.807, 2.05) is 6.26 Å². The van der Waals surface area contributed by atoms with Gasteiger partial charge in [0.15, 0.2) is 0 Å².